The lowest BCUT2D eigenvalue weighted by atomic mass is 10.1. The van der Waals surface area contributed by atoms with Gasteiger partial charge in [-0.3, -0.25) is 4.79 Å². The molecule has 4 heteroatoms. The lowest BCUT2D eigenvalue weighted by Crippen LogP contribution is -2.29. The topological polar surface area (TPSA) is 69.6 Å². The number of nitrogens with one attached hydrogen (secondary N) is 1. The van der Waals surface area contributed by atoms with E-state index in [1.165, 1.54) is 0 Å². The predicted octanol–water partition coefficient (Wildman–Crippen LogP) is -0.959. The fourth-order valence-corrected chi connectivity index (χ4v) is 1.14. The summed E-state index contributed by atoms with van der Waals surface area (Å²) in [6.45, 7) is 0.699. The van der Waals surface area contributed by atoms with E-state index in [4.69, 9.17) is 10.2 Å². The van der Waals surface area contributed by atoms with Crippen molar-refractivity contribution in [2.75, 3.05) is 13.2 Å². The van der Waals surface area contributed by atoms with Gasteiger partial charge in [0.1, 0.15) is 6.04 Å². The molecule has 0 amide bonds. The number of rotatable bonds is 2. The van der Waals surface area contributed by atoms with E-state index in [0.29, 0.717) is 13.0 Å². The summed E-state index contributed by atoms with van der Waals surface area (Å²) in [5.74, 6) is -0.697. The molecule has 0 spiro atoms. The summed E-state index contributed by atoms with van der Waals surface area (Å²) < 4.78 is 0. The quantitative estimate of drug-likeness (QED) is 0.468. The molecule has 0 aliphatic carbocycles. The van der Waals surface area contributed by atoms with Crippen LogP contribution in [0.25, 0.3) is 0 Å². The van der Waals surface area contributed by atoms with Crippen LogP contribution in [0.2, 0.25) is 0 Å². The van der Waals surface area contributed by atoms with Crippen molar-refractivity contribution in [2.45, 2.75) is 12.5 Å². The molecule has 0 bridgehead atoms. The molecule has 1 aliphatic heterocycles. The van der Waals surface area contributed by atoms with Crippen LogP contribution >= 0.6 is 0 Å². The minimum Gasteiger partial charge on any atom is -0.480 e. The van der Waals surface area contributed by atoms with E-state index < -0.39 is 12.0 Å². The zero-order valence-electron chi connectivity index (χ0n) is 5.58. The van der Waals surface area contributed by atoms with Crippen LogP contribution < -0.4 is 5.32 Å². The summed E-state index contributed by atoms with van der Waals surface area (Å²) in [4.78, 5) is 10.3. The third-order valence-corrected chi connectivity index (χ3v) is 1.78. The highest BCUT2D eigenvalue weighted by Gasteiger charge is 2.28. The third-order valence-electron chi connectivity index (χ3n) is 1.78. The van der Waals surface area contributed by atoms with Gasteiger partial charge >= 0.3 is 5.97 Å². The number of aliphatic hydroxyl groups is 1. The van der Waals surface area contributed by atoms with E-state index in [-0.39, 0.29) is 12.5 Å². The van der Waals surface area contributed by atoms with Gasteiger partial charge in [0.25, 0.3) is 0 Å². The number of carbonyl (C=O) groups is 1. The SMILES string of the molecule is O=C(O)[C@H]1CC(CO)CN1. The Morgan fingerprint density at radius 1 is 1.70 bits per heavy atom. The van der Waals surface area contributed by atoms with Crippen molar-refractivity contribution in [1.29, 1.82) is 0 Å². The van der Waals surface area contributed by atoms with Crippen LogP contribution in [0.5, 0.6) is 0 Å². The molecule has 1 saturated heterocycles. The summed E-state index contributed by atoms with van der Waals surface area (Å²) in [6, 6.07) is -0.447. The monoisotopic (exact) mass is 145 g/mol. The number of aliphatic hydroxyl groups excluding tert-OH is 1. The van der Waals surface area contributed by atoms with Crippen molar-refractivity contribution >= 4 is 5.97 Å². The van der Waals surface area contributed by atoms with Crippen molar-refractivity contribution in [3.8, 4) is 0 Å². The number of aliphatic carboxylic acids is 1. The average molecular weight is 145 g/mol. The first-order valence-electron chi connectivity index (χ1n) is 3.31. The first kappa shape index (κ1) is 7.50. The van der Waals surface area contributed by atoms with E-state index in [1.807, 2.05) is 0 Å². The Bertz CT molecular complexity index is 137. The smallest absolute Gasteiger partial charge is 0.320 e. The normalized spacial score (nSPS) is 32.5. The van der Waals surface area contributed by atoms with Gasteiger partial charge in [-0.05, 0) is 12.3 Å². The van der Waals surface area contributed by atoms with Crippen molar-refractivity contribution in [1.82, 2.24) is 5.32 Å². The van der Waals surface area contributed by atoms with Gasteiger partial charge in [0.05, 0.1) is 0 Å². The zero-order valence-corrected chi connectivity index (χ0v) is 5.58. The van der Waals surface area contributed by atoms with Crippen molar-refractivity contribution in [2.24, 2.45) is 5.92 Å². The molecule has 0 radical (unpaired) electrons. The van der Waals surface area contributed by atoms with Gasteiger partial charge < -0.3 is 15.5 Å². The fraction of sp³-hybridized carbons (Fsp3) is 0.833. The van der Waals surface area contributed by atoms with Crippen LogP contribution in [0, 0.1) is 5.92 Å². The van der Waals surface area contributed by atoms with Gasteiger partial charge in [0.2, 0.25) is 0 Å². The van der Waals surface area contributed by atoms with Gasteiger partial charge in [0.15, 0.2) is 0 Å². The number of carboxylic acids is 1. The summed E-state index contributed by atoms with van der Waals surface area (Å²) in [5.41, 5.74) is 0. The molecule has 1 rings (SSSR count). The fourth-order valence-electron chi connectivity index (χ4n) is 1.14. The Kier molecular flexibility index (Phi) is 2.24. The molecule has 3 N–H and O–H groups in total. The molecule has 1 aliphatic rings. The number of hydrogen-bond donors (Lipinski definition) is 3. The molecule has 1 heterocycles. The van der Waals surface area contributed by atoms with Crippen molar-refractivity contribution in [3.63, 3.8) is 0 Å². The Labute approximate surface area is 58.9 Å². The molecule has 58 valence electrons. The van der Waals surface area contributed by atoms with E-state index >= 15 is 0 Å². The van der Waals surface area contributed by atoms with Gasteiger partial charge in [0, 0.05) is 13.2 Å². The Morgan fingerprint density at radius 3 is 2.70 bits per heavy atom. The zero-order chi connectivity index (χ0) is 7.56. The maximum absolute atomic E-state index is 10.3. The standard InChI is InChI=1S/C6H11NO3/c8-3-4-1-5(6(9)10)7-2-4/h4-5,7-8H,1-3H2,(H,9,10)/t4?,5-/m1/s1. The molecule has 2 atom stereocenters. The van der Waals surface area contributed by atoms with Crippen LogP contribution in [-0.2, 0) is 4.79 Å². The number of carboxylic acid groups (broad SMARTS) is 1. The van der Waals surface area contributed by atoms with Gasteiger partial charge in [-0.25, -0.2) is 0 Å². The highest BCUT2D eigenvalue weighted by molar-refractivity contribution is 5.73. The van der Waals surface area contributed by atoms with Crippen LogP contribution in [0.1, 0.15) is 6.42 Å². The molecule has 0 aromatic rings. The molecule has 0 aromatic carbocycles. The molecule has 0 saturated carbocycles. The average Bonchev–Trinajstić information content (AvgIpc) is 2.34. The Hall–Kier alpha value is -0.610. The highest BCUT2D eigenvalue weighted by atomic mass is 16.4. The molecular weight excluding hydrogens is 134 g/mol. The first-order chi connectivity index (χ1) is 4.74. The lowest BCUT2D eigenvalue weighted by molar-refractivity contribution is -0.139. The molecule has 1 unspecified atom stereocenters. The second kappa shape index (κ2) is 2.98. The summed E-state index contributed by atoms with van der Waals surface area (Å²) in [7, 11) is 0. The second-order valence-corrected chi connectivity index (χ2v) is 2.58. The van der Waals surface area contributed by atoms with E-state index in [0.717, 1.165) is 0 Å². The first-order valence-corrected chi connectivity index (χ1v) is 3.31. The summed E-state index contributed by atoms with van der Waals surface area (Å²) in [6.07, 6.45) is 0.547. The highest BCUT2D eigenvalue weighted by Crippen LogP contribution is 2.12. The van der Waals surface area contributed by atoms with E-state index in [2.05, 4.69) is 5.32 Å². The predicted molar refractivity (Wildman–Crippen MR) is 34.6 cm³/mol. The minimum absolute atomic E-state index is 0.0801. The van der Waals surface area contributed by atoms with Gasteiger partial charge in [-0.15, -0.1) is 0 Å². The molecular formula is C6H11NO3. The maximum atomic E-state index is 10.3. The molecule has 0 aromatic heterocycles. The summed E-state index contributed by atoms with van der Waals surface area (Å²) >= 11 is 0. The van der Waals surface area contributed by atoms with Crippen LogP contribution in [0.3, 0.4) is 0 Å². The Morgan fingerprint density at radius 2 is 2.40 bits per heavy atom. The molecule has 1 fully saturated rings. The van der Waals surface area contributed by atoms with Crippen molar-refractivity contribution < 1.29 is 15.0 Å². The second-order valence-electron chi connectivity index (χ2n) is 2.58. The molecule has 10 heavy (non-hydrogen) atoms. The maximum Gasteiger partial charge on any atom is 0.320 e. The van der Waals surface area contributed by atoms with Crippen LogP contribution in [-0.4, -0.2) is 35.4 Å². The van der Waals surface area contributed by atoms with E-state index in [9.17, 15) is 4.79 Å². The lowest BCUT2D eigenvalue weighted by Gasteiger charge is -2.01. The van der Waals surface area contributed by atoms with Gasteiger partial charge in [-0.1, -0.05) is 0 Å². The third kappa shape index (κ3) is 1.46. The van der Waals surface area contributed by atoms with Crippen molar-refractivity contribution in [3.05, 3.63) is 0 Å². The summed E-state index contributed by atoms with van der Waals surface area (Å²) in [5, 5.41) is 19.9. The molecule has 4 nitrogen and oxygen atoms in total. The van der Waals surface area contributed by atoms with E-state index in [1.54, 1.807) is 0 Å². The van der Waals surface area contributed by atoms with Gasteiger partial charge in [-0.2, -0.15) is 0 Å². The van der Waals surface area contributed by atoms with Crippen LogP contribution in [0.15, 0.2) is 0 Å². The Balaban J connectivity index is 2.35. The van der Waals surface area contributed by atoms with Crippen LogP contribution in [0.4, 0.5) is 0 Å². The number of hydrogen-bond acceptors (Lipinski definition) is 3. The minimum atomic E-state index is -0.823. The largest absolute Gasteiger partial charge is 0.480 e.